The van der Waals surface area contributed by atoms with Gasteiger partial charge in [-0.15, -0.1) is 0 Å². The van der Waals surface area contributed by atoms with Crippen LogP contribution in [0.15, 0.2) is 0 Å². The highest BCUT2D eigenvalue weighted by Crippen LogP contribution is 2.04. The fraction of sp³-hybridized carbons (Fsp3) is 0.833. The quantitative estimate of drug-likeness (QED) is 0.270. The van der Waals surface area contributed by atoms with E-state index < -0.39 is 0 Å². The van der Waals surface area contributed by atoms with Crippen LogP contribution in [-0.2, 0) is 4.74 Å². The Hall–Kier alpha value is -0.810. The Morgan fingerprint density at radius 2 is 2.45 bits per heavy atom. The lowest BCUT2D eigenvalue weighted by molar-refractivity contribution is 0.0732. The van der Waals surface area contributed by atoms with E-state index in [4.69, 9.17) is 10.6 Å². The Labute approximate surface area is 65.2 Å². The first kappa shape index (κ1) is 8.29. The van der Waals surface area contributed by atoms with E-state index in [0.717, 1.165) is 19.4 Å². The Kier molecular flexibility index (Phi) is 3.13. The number of hydrogen-bond acceptors (Lipinski definition) is 3. The van der Waals surface area contributed by atoms with Crippen LogP contribution in [0, 0.1) is 0 Å². The van der Waals surface area contributed by atoms with Crippen molar-refractivity contribution in [2.24, 2.45) is 5.84 Å². The zero-order valence-corrected chi connectivity index (χ0v) is 6.30. The first-order valence-electron chi connectivity index (χ1n) is 3.68. The molecule has 2 amide bonds. The SMILES string of the molecule is NNC(=O)NC1CCCOC1. The van der Waals surface area contributed by atoms with Crippen LogP contribution in [0.5, 0.6) is 0 Å². The third-order valence-electron chi connectivity index (χ3n) is 1.63. The molecule has 1 aliphatic rings. The molecular formula is C6H13N3O2. The maximum absolute atomic E-state index is 10.7. The Morgan fingerprint density at radius 3 is 3.00 bits per heavy atom. The van der Waals surface area contributed by atoms with Crippen molar-refractivity contribution in [2.75, 3.05) is 13.2 Å². The number of carbonyl (C=O) groups excluding carboxylic acids is 1. The minimum absolute atomic E-state index is 0.118. The number of amides is 2. The van der Waals surface area contributed by atoms with Crippen LogP contribution in [0.3, 0.4) is 0 Å². The molecule has 11 heavy (non-hydrogen) atoms. The normalized spacial score (nSPS) is 24.3. The molecule has 0 radical (unpaired) electrons. The molecule has 1 atom stereocenters. The molecule has 1 heterocycles. The summed E-state index contributed by atoms with van der Waals surface area (Å²) in [5, 5.41) is 2.67. The van der Waals surface area contributed by atoms with Crippen molar-refractivity contribution in [3.05, 3.63) is 0 Å². The van der Waals surface area contributed by atoms with Crippen molar-refractivity contribution in [2.45, 2.75) is 18.9 Å². The maximum Gasteiger partial charge on any atom is 0.329 e. The summed E-state index contributed by atoms with van der Waals surface area (Å²) in [5.41, 5.74) is 2.01. The van der Waals surface area contributed by atoms with Gasteiger partial charge in [0, 0.05) is 6.61 Å². The molecule has 0 bridgehead atoms. The summed E-state index contributed by atoms with van der Waals surface area (Å²) in [6.45, 7) is 1.38. The standard InChI is InChI=1S/C6H13N3O2/c7-9-6(10)8-5-2-1-3-11-4-5/h5H,1-4,7H2,(H2,8,9,10). The van der Waals surface area contributed by atoms with E-state index in [-0.39, 0.29) is 12.1 Å². The van der Waals surface area contributed by atoms with E-state index in [1.807, 2.05) is 5.43 Å². The van der Waals surface area contributed by atoms with Crippen LogP contribution >= 0.6 is 0 Å². The summed E-state index contributed by atoms with van der Waals surface area (Å²) in [5.74, 6) is 4.89. The van der Waals surface area contributed by atoms with Gasteiger partial charge < -0.3 is 10.1 Å². The predicted molar refractivity (Wildman–Crippen MR) is 39.7 cm³/mol. The van der Waals surface area contributed by atoms with Crippen molar-refractivity contribution in [1.29, 1.82) is 0 Å². The third-order valence-corrected chi connectivity index (χ3v) is 1.63. The molecule has 5 nitrogen and oxygen atoms in total. The van der Waals surface area contributed by atoms with E-state index in [0.29, 0.717) is 6.61 Å². The molecule has 0 aromatic heterocycles. The first-order valence-corrected chi connectivity index (χ1v) is 3.68. The topological polar surface area (TPSA) is 76.4 Å². The van der Waals surface area contributed by atoms with Crippen LogP contribution in [-0.4, -0.2) is 25.3 Å². The molecule has 0 saturated carbocycles. The Bertz CT molecular complexity index is 134. The van der Waals surface area contributed by atoms with Gasteiger partial charge in [0.25, 0.3) is 0 Å². The summed E-state index contributed by atoms with van der Waals surface area (Å²) in [6.07, 6.45) is 1.96. The molecule has 1 unspecified atom stereocenters. The lowest BCUT2D eigenvalue weighted by Gasteiger charge is -2.22. The van der Waals surface area contributed by atoms with Gasteiger partial charge in [-0.1, -0.05) is 0 Å². The maximum atomic E-state index is 10.7. The molecule has 0 spiro atoms. The summed E-state index contributed by atoms with van der Waals surface area (Å²) < 4.78 is 5.14. The monoisotopic (exact) mass is 159 g/mol. The second-order valence-corrected chi connectivity index (χ2v) is 2.53. The molecule has 64 valence electrons. The fourth-order valence-corrected chi connectivity index (χ4v) is 1.08. The summed E-state index contributed by atoms with van der Waals surface area (Å²) >= 11 is 0. The van der Waals surface area contributed by atoms with Crippen molar-refractivity contribution >= 4 is 6.03 Å². The minimum Gasteiger partial charge on any atom is -0.379 e. The van der Waals surface area contributed by atoms with E-state index >= 15 is 0 Å². The van der Waals surface area contributed by atoms with E-state index in [2.05, 4.69) is 5.32 Å². The molecule has 1 fully saturated rings. The van der Waals surface area contributed by atoms with E-state index in [1.54, 1.807) is 0 Å². The minimum atomic E-state index is -0.347. The second kappa shape index (κ2) is 4.15. The number of ether oxygens (including phenoxy) is 1. The number of hydrazine groups is 1. The number of nitrogens with one attached hydrogen (secondary N) is 2. The summed E-state index contributed by atoms with van der Waals surface area (Å²) in [7, 11) is 0. The van der Waals surface area contributed by atoms with Crippen molar-refractivity contribution in [3.8, 4) is 0 Å². The average molecular weight is 159 g/mol. The summed E-state index contributed by atoms with van der Waals surface area (Å²) in [4.78, 5) is 10.7. The van der Waals surface area contributed by atoms with E-state index in [1.165, 1.54) is 0 Å². The number of hydrogen-bond donors (Lipinski definition) is 3. The average Bonchev–Trinajstić information content (AvgIpc) is 2.06. The van der Waals surface area contributed by atoms with Gasteiger partial charge in [-0.25, -0.2) is 10.6 Å². The van der Waals surface area contributed by atoms with Gasteiger partial charge in [0.1, 0.15) is 0 Å². The molecule has 1 saturated heterocycles. The molecule has 1 rings (SSSR count). The van der Waals surface area contributed by atoms with Gasteiger partial charge in [-0.2, -0.15) is 0 Å². The van der Waals surface area contributed by atoms with Gasteiger partial charge >= 0.3 is 6.03 Å². The highest BCUT2D eigenvalue weighted by atomic mass is 16.5. The zero-order valence-electron chi connectivity index (χ0n) is 6.30. The van der Waals surface area contributed by atoms with Gasteiger partial charge in [0.05, 0.1) is 12.6 Å². The fourth-order valence-electron chi connectivity index (χ4n) is 1.08. The largest absolute Gasteiger partial charge is 0.379 e. The third kappa shape index (κ3) is 2.73. The second-order valence-electron chi connectivity index (χ2n) is 2.53. The number of urea groups is 1. The van der Waals surface area contributed by atoms with Gasteiger partial charge in [-0.3, -0.25) is 5.43 Å². The highest BCUT2D eigenvalue weighted by Gasteiger charge is 2.14. The predicted octanol–water partition coefficient (Wildman–Crippen LogP) is -0.662. The van der Waals surface area contributed by atoms with Crippen LogP contribution in [0.1, 0.15) is 12.8 Å². The molecule has 5 heteroatoms. The van der Waals surface area contributed by atoms with Crippen molar-refractivity contribution in [1.82, 2.24) is 10.7 Å². The lowest BCUT2D eigenvalue weighted by Crippen LogP contribution is -2.47. The van der Waals surface area contributed by atoms with E-state index in [9.17, 15) is 4.79 Å². The highest BCUT2D eigenvalue weighted by molar-refractivity contribution is 5.73. The first-order chi connectivity index (χ1) is 5.33. The van der Waals surface area contributed by atoms with Crippen molar-refractivity contribution < 1.29 is 9.53 Å². The summed E-state index contributed by atoms with van der Waals surface area (Å²) in [6, 6.07) is -0.229. The lowest BCUT2D eigenvalue weighted by atomic mass is 10.1. The molecule has 0 aliphatic carbocycles. The van der Waals surface area contributed by atoms with Crippen LogP contribution in [0.25, 0.3) is 0 Å². The van der Waals surface area contributed by atoms with Gasteiger partial charge in [0.2, 0.25) is 0 Å². The zero-order chi connectivity index (χ0) is 8.10. The number of nitrogens with two attached hydrogens (primary N) is 1. The Balaban J connectivity index is 2.19. The van der Waals surface area contributed by atoms with Crippen LogP contribution < -0.4 is 16.6 Å². The van der Waals surface area contributed by atoms with Gasteiger partial charge in [0.15, 0.2) is 0 Å². The number of rotatable bonds is 1. The molecule has 1 aliphatic heterocycles. The Morgan fingerprint density at radius 1 is 1.64 bits per heavy atom. The number of carbonyl (C=O) groups is 1. The van der Waals surface area contributed by atoms with Gasteiger partial charge in [-0.05, 0) is 12.8 Å². The van der Waals surface area contributed by atoms with Crippen molar-refractivity contribution in [3.63, 3.8) is 0 Å². The molecule has 4 N–H and O–H groups in total. The van der Waals surface area contributed by atoms with Crippen LogP contribution in [0.4, 0.5) is 4.79 Å². The molecule has 0 aromatic carbocycles. The molecular weight excluding hydrogens is 146 g/mol. The smallest absolute Gasteiger partial charge is 0.329 e. The molecule has 0 aromatic rings. The van der Waals surface area contributed by atoms with Crippen LogP contribution in [0.2, 0.25) is 0 Å².